The first kappa shape index (κ1) is 19.6. The van der Waals surface area contributed by atoms with Crippen molar-refractivity contribution in [2.24, 2.45) is 0 Å². The molecule has 2 heterocycles. The fourth-order valence-electron chi connectivity index (χ4n) is 3.17. The number of anilines is 1. The fourth-order valence-corrected chi connectivity index (χ4v) is 3.84. The number of aromatic nitrogens is 3. The number of amides is 1. The van der Waals surface area contributed by atoms with E-state index in [2.05, 4.69) is 9.69 Å². The highest BCUT2D eigenvalue weighted by atomic mass is 32.1. The van der Waals surface area contributed by atoms with E-state index in [1.807, 2.05) is 30.3 Å². The van der Waals surface area contributed by atoms with Crippen molar-refractivity contribution < 1.29 is 9.53 Å². The number of fused-ring (bicyclic) bond motifs is 1. The number of rotatable bonds is 6. The van der Waals surface area contributed by atoms with Crippen LogP contribution < -0.4 is 21.3 Å². The summed E-state index contributed by atoms with van der Waals surface area (Å²) in [7, 11) is 1.51. The lowest BCUT2D eigenvalue weighted by Crippen LogP contribution is -2.41. The van der Waals surface area contributed by atoms with Gasteiger partial charge in [-0.25, -0.2) is 4.79 Å². The summed E-state index contributed by atoms with van der Waals surface area (Å²) < 4.78 is 11.8. The van der Waals surface area contributed by atoms with Gasteiger partial charge in [0.1, 0.15) is 12.3 Å². The number of nitrogens with one attached hydrogen (secondary N) is 1. The largest absolute Gasteiger partial charge is 0.495 e. The summed E-state index contributed by atoms with van der Waals surface area (Å²) >= 11 is 1.07. The van der Waals surface area contributed by atoms with E-state index in [1.54, 1.807) is 29.6 Å². The number of hydrogen-bond acceptors (Lipinski definition) is 6. The van der Waals surface area contributed by atoms with E-state index in [9.17, 15) is 14.4 Å². The quantitative estimate of drug-likeness (QED) is 0.515. The van der Waals surface area contributed by atoms with Gasteiger partial charge in [0.15, 0.2) is 5.52 Å². The van der Waals surface area contributed by atoms with Crippen LogP contribution in [0.15, 0.2) is 69.6 Å². The Morgan fingerprint density at radius 2 is 1.80 bits per heavy atom. The van der Waals surface area contributed by atoms with Crippen LogP contribution in [-0.4, -0.2) is 26.5 Å². The van der Waals surface area contributed by atoms with Gasteiger partial charge >= 0.3 is 5.69 Å². The van der Waals surface area contributed by atoms with E-state index in [0.717, 1.165) is 21.7 Å². The maximum absolute atomic E-state index is 13.1. The Hall–Kier alpha value is -3.72. The number of benzene rings is 2. The summed E-state index contributed by atoms with van der Waals surface area (Å²) in [5, 5.41) is 4.35. The highest BCUT2D eigenvalue weighted by molar-refractivity contribution is 7.04. The molecular formula is C21H18N4O4S. The second-order valence-corrected chi connectivity index (χ2v) is 7.17. The topological polar surface area (TPSA) is 95.2 Å². The van der Waals surface area contributed by atoms with Crippen molar-refractivity contribution in [1.29, 1.82) is 0 Å². The molecule has 0 spiro atoms. The molecule has 0 aliphatic carbocycles. The fraction of sp³-hybridized carbons (Fsp3) is 0.143. The summed E-state index contributed by atoms with van der Waals surface area (Å²) in [4.78, 5) is 38.6. The molecule has 2 aromatic carbocycles. The Morgan fingerprint density at radius 1 is 1.07 bits per heavy atom. The molecule has 1 N–H and O–H groups in total. The molecule has 0 radical (unpaired) electrons. The number of para-hydroxylation sites is 2. The van der Waals surface area contributed by atoms with E-state index in [4.69, 9.17) is 4.74 Å². The summed E-state index contributed by atoms with van der Waals surface area (Å²) in [6.07, 6.45) is 0. The molecule has 30 heavy (non-hydrogen) atoms. The maximum atomic E-state index is 13.1. The maximum Gasteiger partial charge on any atom is 0.332 e. The van der Waals surface area contributed by atoms with E-state index >= 15 is 0 Å². The SMILES string of the molecule is COc1ccccc1NC(=O)Cn1c(=O)n(Cc2ccccc2)c(=O)c2nscc21. The lowest BCUT2D eigenvalue weighted by atomic mass is 10.2. The third-order valence-electron chi connectivity index (χ3n) is 4.62. The Balaban J connectivity index is 1.71. The van der Waals surface area contributed by atoms with E-state index in [-0.39, 0.29) is 18.6 Å². The Bertz CT molecular complexity index is 1320. The minimum Gasteiger partial charge on any atom is -0.495 e. The molecular weight excluding hydrogens is 404 g/mol. The second-order valence-electron chi connectivity index (χ2n) is 6.54. The van der Waals surface area contributed by atoms with Crippen LogP contribution in [0.1, 0.15) is 5.56 Å². The third-order valence-corrected chi connectivity index (χ3v) is 5.23. The van der Waals surface area contributed by atoms with Gasteiger partial charge in [0.05, 0.1) is 24.9 Å². The van der Waals surface area contributed by atoms with Crippen molar-refractivity contribution in [3.63, 3.8) is 0 Å². The zero-order chi connectivity index (χ0) is 21.1. The number of carbonyl (C=O) groups excluding carboxylic acids is 1. The van der Waals surface area contributed by atoms with Gasteiger partial charge in [0, 0.05) is 5.38 Å². The molecule has 0 saturated heterocycles. The number of carbonyl (C=O) groups is 1. The van der Waals surface area contributed by atoms with Gasteiger partial charge in [0.25, 0.3) is 5.56 Å². The van der Waals surface area contributed by atoms with Gasteiger partial charge < -0.3 is 10.1 Å². The van der Waals surface area contributed by atoms with Crippen LogP contribution in [0.5, 0.6) is 5.75 Å². The molecule has 0 unspecified atom stereocenters. The van der Waals surface area contributed by atoms with Crippen LogP contribution >= 0.6 is 11.5 Å². The number of ether oxygens (including phenoxy) is 1. The standard InChI is InChI=1S/C21H18N4O4S/c1-29-17-10-6-5-9-15(17)22-18(26)12-24-16-13-30-23-19(16)20(27)25(21(24)28)11-14-7-3-2-4-8-14/h2-10,13H,11-12H2,1H3,(H,22,26). The highest BCUT2D eigenvalue weighted by Gasteiger charge is 2.18. The molecule has 0 atom stereocenters. The normalized spacial score (nSPS) is 10.8. The lowest BCUT2D eigenvalue weighted by Gasteiger charge is -2.13. The van der Waals surface area contributed by atoms with Gasteiger partial charge in [0.2, 0.25) is 5.91 Å². The highest BCUT2D eigenvalue weighted by Crippen LogP contribution is 2.23. The summed E-state index contributed by atoms with van der Waals surface area (Å²) in [6.45, 7) is -0.166. The number of hydrogen-bond donors (Lipinski definition) is 1. The summed E-state index contributed by atoms with van der Waals surface area (Å²) in [6, 6.07) is 16.2. The van der Waals surface area contributed by atoms with E-state index < -0.39 is 17.2 Å². The third kappa shape index (κ3) is 3.74. The molecule has 0 bridgehead atoms. The Kier molecular flexibility index (Phi) is 5.44. The van der Waals surface area contributed by atoms with Crippen LogP contribution in [0.4, 0.5) is 5.69 Å². The minimum absolute atomic E-state index is 0.0973. The van der Waals surface area contributed by atoms with Crippen molar-refractivity contribution in [2.75, 3.05) is 12.4 Å². The molecule has 0 aliphatic heterocycles. The van der Waals surface area contributed by atoms with E-state index in [1.165, 1.54) is 11.7 Å². The molecule has 0 saturated carbocycles. The molecule has 4 rings (SSSR count). The van der Waals surface area contributed by atoms with Crippen LogP contribution in [0.25, 0.3) is 11.0 Å². The van der Waals surface area contributed by atoms with Crippen molar-refractivity contribution in [3.05, 3.63) is 86.4 Å². The molecule has 0 fully saturated rings. The molecule has 2 aromatic heterocycles. The Labute approximate surface area is 175 Å². The van der Waals surface area contributed by atoms with Gasteiger partial charge in [-0.1, -0.05) is 42.5 Å². The van der Waals surface area contributed by atoms with Gasteiger partial charge in [-0.15, -0.1) is 0 Å². The van der Waals surface area contributed by atoms with Crippen molar-refractivity contribution in [2.45, 2.75) is 13.1 Å². The smallest absolute Gasteiger partial charge is 0.332 e. The number of nitrogens with zero attached hydrogens (tertiary/aromatic N) is 3. The van der Waals surface area contributed by atoms with Crippen LogP contribution in [0, 0.1) is 0 Å². The number of methoxy groups -OCH3 is 1. The summed E-state index contributed by atoms with van der Waals surface area (Å²) in [5.74, 6) is 0.0913. The van der Waals surface area contributed by atoms with Crippen molar-refractivity contribution in [3.8, 4) is 5.75 Å². The van der Waals surface area contributed by atoms with Gasteiger partial charge in [-0.05, 0) is 29.2 Å². The molecule has 1 amide bonds. The average molecular weight is 422 g/mol. The first-order valence-electron chi connectivity index (χ1n) is 9.13. The van der Waals surface area contributed by atoms with Crippen LogP contribution in [0.3, 0.4) is 0 Å². The monoisotopic (exact) mass is 422 g/mol. The first-order valence-corrected chi connectivity index (χ1v) is 9.96. The zero-order valence-corrected chi connectivity index (χ0v) is 16.9. The van der Waals surface area contributed by atoms with Crippen LogP contribution in [0.2, 0.25) is 0 Å². The van der Waals surface area contributed by atoms with Crippen molar-refractivity contribution >= 4 is 34.2 Å². The van der Waals surface area contributed by atoms with E-state index in [0.29, 0.717) is 17.0 Å². The first-order chi connectivity index (χ1) is 14.6. The average Bonchev–Trinajstić information content (AvgIpc) is 3.25. The second kappa shape index (κ2) is 8.34. The Morgan fingerprint density at radius 3 is 2.57 bits per heavy atom. The zero-order valence-electron chi connectivity index (χ0n) is 16.1. The molecule has 152 valence electrons. The van der Waals surface area contributed by atoms with Crippen LogP contribution in [-0.2, 0) is 17.9 Å². The van der Waals surface area contributed by atoms with Crippen molar-refractivity contribution in [1.82, 2.24) is 13.5 Å². The predicted octanol–water partition coefficient (Wildman–Crippen LogP) is 2.32. The van der Waals surface area contributed by atoms with Gasteiger partial charge in [-0.3, -0.25) is 18.7 Å². The summed E-state index contributed by atoms with van der Waals surface area (Å²) in [5.41, 5.74) is 0.773. The minimum atomic E-state index is -0.563. The molecule has 8 nitrogen and oxygen atoms in total. The molecule has 4 aromatic rings. The molecule has 0 aliphatic rings. The predicted molar refractivity (Wildman–Crippen MR) is 115 cm³/mol. The lowest BCUT2D eigenvalue weighted by molar-refractivity contribution is -0.116. The molecule has 9 heteroatoms. The van der Waals surface area contributed by atoms with Gasteiger partial charge in [-0.2, -0.15) is 4.37 Å².